The van der Waals surface area contributed by atoms with E-state index in [4.69, 9.17) is 9.47 Å². The van der Waals surface area contributed by atoms with Crippen molar-refractivity contribution in [2.24, 2.45) is 0 Å². The summed E-state index contributed by atoms with van der Waals surface area (Å²) in [7, 11) is 1.48. The average Bonchev–Trinajstić information content (AvgIpc) is 2.13. The number of amides is 1. The van der Waals surface area contributed by atoms with Crippen LogP contribution in [0, 0.1) is 0 Å². The van der Waals surface area contributed by atoms with Crippen LogP contribution in [-0.2, 0) is 4.74 Å². The lowest BCUT2D eigenvalue weighted by Crippen LogP contribution is -2.27. The van der Waals surface area contributed by atoms with Crippen molar-refractivity contribution in [2.45, 2.75) is 26.4 Å². The summed E-state index contributed by atoms with van der Waals surface area (Å²) in [6.45, 7) is 5.32. The topological polar surface area (TPSA) is 73.3 Å². The minimum atomic E-state index is -0.613. The molecule has 0 unspecified atom stereocenters. The van der Waals surface area contributed by atoms with Crippen LogP contribution >= 0.6 is 15.9 Å². The molecule has 7 heteroatoms. The first-order valence-electron chi connectivity index (χ1n) is 4.89. The number of carbonyl (C=O) groups is 1. The number of carbonyl (C=O) groups excluding carboxylic acids is 1. The first kappa shape index (κ1) is 13.7. The smallest absolute Gasteiger partial charge is 0.414 e. The van der Waals surface area contributed by atoms with Gasteiger partial charge in [-0.25, -0.2) is 9.78 Å². The lowest BCUT2D eigenvalue weighted by molar-refractivity contribution is 0.0634. The van der Waals surface area contributed by atoms with Gasteiger partial charge in [-0.2, -0.15) is 4.98 Å². The third kappa shape index (κ3) is 4.99. The number of anilines is 1. The van der Waals surface area contributed by atoms with Crippen LogP contribution in [0.5, 0.6) is 5.88 Å². The van der Waals surface area contributed by atoms with E-state index in [1.807, 2.05) is 0 Å². The molecule has 0 aliphatic heterocycles. The lowest BCUT2D eigenvalue weighted by Gasteiger charge is -2.19. The summed E-state index contributed by atoms with van der Waals surface area (Å²) >= 11 is 3.18. The third-order valence-corrected chi connectivity index (χ3v) is 1.90. The van der Waals surface area contributed by atoms with E-state index < -0.39 is 11.7 Å². The number of nitrogens with one attached hydrogen (secondary N) is 1. The second-order valence-electron chi connectivity index (χ2n) is 4.18. The normalized spacial score (nSPS) is 10.9. The predicted octanol–water partition coefficient (Wildman–Crippen LogP) is 2.59. The zero-order valence-corrected chi connectivity index (χ0v) is 11.7. The SMILES string of the molecule is COc1cc(Br)nc(NC(=O)OC(C)(C)C)n1. The summed E-state index contributed by atoms with van der Waals surface area (Å²) in [5.74, 6) is 0.461. The van der Waals surface area contributed by atoms with Crippen LogP contribution < -0.4 is 10.1 Å². The Hall–Kier alpha value is -1.37. The molecule has 1 aromatic heterocycles. The van der Waals surface area contributed by atoms with E-state index in [9.17, 15) is 4.79 Å². The highest BCUT2D eigenvalue weighted by atomic mass is 79.9. The van der Waals surface area contributed by atoms with Gasteiger partial charge in [0.25, 0.3) is 0 Å². The van der Waals surface area contributed by atoms with Gasteiger partial charge in [0.15, 0.2) is 0 Å². The molecule has 1 heterocycles. The van der Waals surface area contributed by atoms with E-state index in [0.717, 1.165) is 0 Å². The number of aromatic nitrogens is 2. The van der Waals surface area contributed by atoms with E-state index in [1.165, 1.54) is 7.11 Å². The molecule has 17 heavy (non-hydrogen) atoms. The van der Waals surface area contributed by atoms with Crippen molar-refractivity contribution in [2.75, 3.05) is 12.4 Å². The molecule has 1 aromatic rings. The van der Waals surface area contributed by atoms with Crippen molar-refractivity contribution < 1.29 is 14.3 Å². The second-order valence-corrected chi connectivity index (χ2v) is 5.00. The number of rotatable bonds is 2. The maximum Gasteiger partial charge on any atom is 0.414 e. The Morgan fingerprint density at radius 2 is 2.06 bits per heavy atom. The molecule has 0 atom stereocenters. The van der Waals surface area contributed by atoms with Gasteiger partial charge in [0, 0.05) is 6.07 Å². The Balaban J connectivity index is 2.74. The van der Waals surface area contributed by atoms with Gasteiger partial charge in [0.05, 0.1) is 7.11 Å². The standard InChI is InChI=1S/C10H14BrN3O3/c1-10(2,3)17-9(15)14-8-12-6(11)5-7(13-8)16-4/h5H,1-4H3,(H,12,13,14,15). The lowest BCUT2D eigenvalue weighted by atomic mass is 10.2. The molecule has 6 nitrogen and oxygen atoms in total. The number of halogens is 1. The summed E-state index contributed by atoms with van der Waals surface area (Å²) in [4.78, 5) is 19.4. The fourth-order valence-electron chi connectivity index (χ4n) is 0.952. The summed E-state index contributed by atoms with van der Waals surface area (Å²) < 4.78 is 10.5. The Labute approximate surface area is 108 Å². The maximum absolute atomic E-state index is 11.5. The van der Waals surface area contributed by atoms with Crippen LogP contribution in [0.2, 0.25) is 0 Å². The van der Waals surface area contributed by atoms with Gasteiger partial charge >= 0.3 is 6.09 Å². The molecule has 0 aromatic carbocycles. The van der Waals surface area contributed by atoms with Gasteiger partial charge in [-0.05, 0) is 36.7 Å². The molecule has 0 aliphatic rings. The molecule has 0 saturated carbocycles. The van der Waals surface area contributed by atoms with E-state index in [0.29, 0.717) is 10.5 Å². The Kier molecular flexibility index (Phi) is 4.28. The van der Waals surface area contributed by atoms with E-state index in [1.54, 1.807) is 26.8 Å². The molecule has 0 bridgehead atoms. The second kappa shape index (κ2) is 5.31. The highest BCUT2D eigenvalue weighted by Gasteiger charge is 2.17. The zero-order chi connectivity index (χ0) is 13.1. The molecule has 0 radical (unpaired) electrons. The number of hydrogen-bond donors (Lipinski definition) is 1. The molecular formula is C10H14BrN3O3. The molecule has 1 amide bonds. The minimum Gasteiger partial charge on any atom is -0.481 e. The summed E-state index contributed by atoms with van der Waals surface area (Å²) in [5, 5.41) is 2.42. The fraction of sp³-hybridized carbons (Fsp3) is 0.500. The van der Waals surface area contributed by atoms with Crippen molar-refractivity contribution in [1.29, 1.82) is 0 Å². The Bertz CT molecular complexity index is 418. The highest BCUT2D eigenvalue weighted by Crippen LogP contribution is 2.17. The molecule has 1 rings (SSSR count). The molecule has 0 saturated heterocycles. The fourth-order valence-corrected chi connectivity index (χ4v) is 1.32. The van der Waals surface area contributed by atoms with Crippen LogP contribution in [0.4, 0.5) is 10.7 Å². The van der Waals surface area contributed by atoms with Crippen molar-refractivity contribution in [3.63, 3.8) is 0 Å². The van der Waals surface area contributed by atoms with Gasteiger partial charge in [0.1, 0.15) is 10.2 Å². The van der Waals surface area contributed by atoms with Crippen LogP contribution in [0.3, 0.4) is 0 Å². The number of hydrogen-bond acceptors (Lipinski definition) is 5. The van der Waals surface area contributed by atoms with Gasteiger partial charge in [-0.1, -0.05) is 0 Å². The first-order chi connectivity index (χ1) is 7.80. The maximum atomic E-state index is 11.5. The third-order valence-electron chi connectivity index (χ3n) is 1.49. The van der Waals surface area contributed by atoms with E-state index in [2.05, 4.69) is 31.2 Å². The monoisotopic (exact) mass is 303 g/mol. The molecule has 1 N–H and O–H groups in total. The van der Waals surface area contributed by atoms with Gasteiger partial charge in [0.2, 0.25) is 11.8 Å². The minimum absolute atomic E-state index is 0.116. The summed E-state index contributed by atoms with van der Waals surface area (Å²) in [6, 6.07) is 1.58. The first-order valence-corrected chi connectivity index (χ1v) is 5.68. The van der Waals surface area contributed by atoms with Crippen LogP contribution in [-0.4, -0.2) is 28.8 Å². The number of nitrogens with zero attached hydrogens (tertiary/aromatic N) is 2. The van der Waals surface area contributed by atoms with Crippen molar-refractivity contribution >= 4 is 28.0 Å². The molecule has 0 aliphatic carbocycles. The van der Waals surface area contributed by atoms with Gasteiger partial charge < -0.3 is 9.47 Å². The van der Waals surface area contributed by atoms with Crippen molar-refractivity contribution in [1.82, 2.24) is 9.97 Å². The van der Waals surface area contributed by atoms with E-state index >= 15 is 0 Å². The van der Waals surface area contributed by atoms with E-state index in [-0.39, 0.29) is 5.95 Å². The number of methoxy groups -OCH3 is 1. The molecule has 0 fully saturated rings. The van der Waals surface area contributed by atoms with Crippen molar-refractivity contribution in [3.05, 3.63) is 10.7 Å². The predicted molar refractivity (Wildman–Crippen MR) is 66.1 cm³/mol. The van der Waals surface area contributed by atoms with Crippen LogP contribution in [0.1, 0.15) is 20.8 Å². The quantitative estimate of drug-likeness (QED) is 0.850. The summed E-state index contributed by atoms with van der Waals surface area (Å²) in [5.41, 5.74) is -0.569. The average molecular weight is 304 g/mol. The Morgan fingerprint density at radius 1 is 1.41 bits per heavy atom. The largest absolute Gasteiger partial charge is 0.481 e. The highest BCUT2D eigenvalue weighted by molar-refractivity contribution is 9.10. The molecule has 0 spiro atoms. The number of ether oxygens (including phenoxy) is 2. The van der Waals surface area contributed by atoms with Gasteiger partial charge in [-0.15, -0.1) is 0 Å². The summed E-state index contributed by atoms with van der Waals surface area (Å²) in [6.07, 6.45) is -0.613. The molecule has 94 valence electrons. The molecular weight excluding hydrogens is 290 g/mol. The van der Waals surface area contributed by atoms with Gasteiger partial charge in [-0.3, -0.25) is 5.32 Å². The van der Waals surface area contributed by atoms with Crippen LogP contribution in [0.25, 0.3) is 0 Å². The van der Waals surface area contributed by atoms with Crippen LogP contribution in [0.15, 0.2) is 10.7 Å². The van der Waals surface area contributed by atoms with Crippen molar-refractivity contribution in [3.8, 4) is 5.88 Å². The zero-order valence-electron chi connectivity index (χ0n) is 10.1. The Morgan fingerprint density at radius 3 is 2.59 bits per heavy atom.